The predicted octanol–water partition coefficient (Wildman–Crippen LogP) is -0.351. The highest BCUT2D eigenvalue weighted by molar-refractivity contribution is 5.78. The van der Waals surface area contributed by atoms with Crippen molar-refractivity contribution in [3.05, 3.63) is 0 Å². The molecule has 1 heterocycles. The highest BCUT2D eigenvalue weighted by Crippen LogP contribution is 2.23. The van der Waals surface area contributed by atoms with Crippen molar-refractivity contribution in [1.82, 2.24) is 10.2 Å². The third-order valence-electron chi connectivity index (χ3n) is 3.17. The average Bonchev–Trinajstić information content (AvgIpc) is 2.21. The summed E-state index contributed by atoms with van der Waals surface area (Å²) in [6.45, 7) is 2.63. The quantitative estimate of drug-likeness (QED) is 0.653. The Labute approximate surface area is 85.8 Å². The Kier molecular flexibility index (Phi) is 4.35. The molecular weight excluding hydrogens is 178 g/mol. The maximum absolute atomic E-state index is 11.5. The minimum atomic E-state index is 0.00806. The number of nitrogens with zero attached hydrogens (tertiary/aromatic N) is 1. The molecule has 0 spiro atoms. The fraction of sp³-hybridized carbons (Fsp3) is 0.900. The van der Waals surface area contributed by atoms with Gasteiger partial charge in [0, 0.05) is 13.6 Å². The number of carbonyl (C=O) groups excluding carboxylic acids is 1. The van der Waals surface area contributed by atoms with E-state index in [0.717, 1.165) is 25.9 Å². The Morgan fingerprint density at radius 2 is 2.14 bits per heavy atom. The van der Waals surface area contributed by atoms with E-state index >= 15 is 0 Å². The van der Waals surface area contributed by atoms with Crippen molar-refractivity contribution in [3.8, 4) is 0 Å². The lowest BCUT2D eigenvalue weighted by atomic mass is 9.84. The van der Waals surface area contributed by atoms with Gasteiger partial charge in [-0.3, -0.25) is 4.79 Å². The van der Waals surface area contributed by atoms with Crippen molar-refractivity contribution >= 4 is 5.91 Å². The van der Waals surface area contributed by atoms with Crippen LogP contribution in [0.1, 0.15) is 12.8 Å². The minimum absolute atomic E-state index is 0.00806. The van der Waals surface area contributed by atoms with Crippen LogP contribution >= 0.6 is 0 Å². The highest BCUT2D eigenvalue weighted by atomic mass is 16.1. The van der Waals surface area contributed by atoms with Crippen LogP contribution in [0.15, 0.2) is 0 Å². The second kappa shape index (κ2) is 5.32. The van der Waals surface area contributed by atoms with Crippen LogP contribution in [0.5, 0.6) is 0 Å². The van der Waals surface area contributed by atoms with E-state index in [9.17, 15) is 4.79 Å². The lowest BCUT2D eigenvalue weighted by Crippen LogP contribution is -2.42. The van der Waals surface area contributed by atoms with Gasteiger partial charge in [-0.15, -0.1) is 0 Å². The van der Waals surface area contributed by atoms with Crippen LogP contribution in [-0.2, 0) is 4.79 Å². The second-order valence-electron chi connectivity index (χ2n) is 4.10. The van der Waals surface area contributed by atoms with E-state index in [-0.39, 0.29) is 11.8 Å². The van der Waals surface area contributed by atoms with Crippen LogP contribution in [0.4, 0.5) is 0 Å². The number of likely N-dealkylation sites (tertiary alicyclic amines) is 1. The number of piperidine rings is 1. The molecule has 0 radical (unpaired) electrons. The van der Waals surface area contributed by atoms with Crippen LogP contribution in [-0.4, -0.2) is 44.5 Å². The van der Waals surface area contributed by atoms with Gasteiger partial charge < -0.3 is 16.0 Å². The molecule has 1 aliphatic heterocycles. The van der Waals surface area contributed by atoms with Crippen molar-refractivity contribution in [2.45, 2.75) is 12.8 Å². The molecule has 1 saturated heterocycles. The highest BCUT2D eigenvalue weighted by Gasteiger charge is 2.28. The largest absolute Gasteiger partial charge is 0.359 e. The van der Waals surface area contributed by atoms with Gasteiger partial charge in [-0.2, -0.15) is 0 Å². The normalized spacial score (nSPS) is 21.9. The Morgan fingerprint density at radius 3 is 2.57 bits per heavy atom. The Hall–Kier alpha value is -0.610. The van der Waals surface area contributed by atoms with Crippen molar-refractivity contribution in [2.75, 3.05) is 33.7 Å². The molecule has 0 bridgehead atoms. The van der Waals surface area contributed by atoms with Gasteiger partial charge in [0.15, 0.2) is 0 Å². The molecule has 0 saturated carbocycles. The van der Waals surface area contributed by atoms with E-state index in [1.54, 1.807) is 7.05 Å². The van der Waals surface area contributed by atoms with E-state index in [2.05, 4.69) is 17.3 Å². The molecule has 4 heteroatoms. The van der Waals surface area contributed by atoms with Crippen LogP contribution in [0.3, 0.4) is 0 Å². The number of hydrogen-bond donors (Lipinski definition) is 2. The number of rotatable bonds is 3. The molecule has 1 atom stereocenters. The first kappa shape index (κ1) is 11.5. The summed E-state index contributed by atoms with van der Waals surface area (Å²) < 4.78 is 0. The van der Waals surface area contributed by atoms with Gasteiger partial charge >= 0.3 is 0 Å². The third kappa shape index (κ3) is 2.69. The van der Waals surface area contributed by atoms with E-state index in [4.69, 9.17) is 5.73 Å². The molecule has 4 nitrogen and oxygen atoms in total. The Morgan fingerprint density at radius 1 is 1.57 bits per heavy atom. The number of amides is 1. The van der Waals surface area contributed by atoms with E-state index in [1.807, 2.05) is 0 Å². The van der Waals surface area contributed by atoms with E-state index in [0.29, 0.717) is 12.5 Å². The molecule has 14 heavy (non-hydrogen) atoms. The number of nitrogens with one attached hydrogen (secondary N) is 1. The second-order valence-corrected chi connectivity index (χ2v) is 4.10. The first-order valence-corrected chi connectivity index (χ1v) is 5.29. The summed E-state index contributed by atoms with van der Waals surface area (Å²) in [5.74, 6) is 0.576. The first-order chi connectivity index (χ1) is 6.69. The fourth-order valence-electron chi connectivity index (χ4n) is 2.13. The van der Waals surface area contributed by atoms with Gasteiger partial charge in [0.05, 0.1) is 5.92 Å². The van der Waals surface area contributed by atoms with Gasteiger partial charge in [0.2, 0.25) is 5.91 Å². The minimum Gasteiger partial charge on any atom is -0.359 e. The molecule has 0 aromatic carbocycles. The molecule has 82 valence electrons. The summed E-state index contributed by atoms with van der Waals surface area (Å²) >= 11 is 0. The molecule has 0 aromatic rings. The molecule has 1 amide bonds. The number of carbonyl (C=O) groups is 1. The van der Waals surface area contributed by atoms with Gasteiger partial charge in [0.1, 0.15) is 0 Å². The summed E-state index contributed by atoms with van der Waals surface area (Å²) in [6, 6.07) is 0. The van der Waals surface area contributed by atoms with Crippen molar-refractivity contribution in [3.63, 3.8) is 0 Å². The van der Waals surface area contributed by atoms with Crippen molar-refractivity contribution in [2.24, 2.45) is 17.6 Å². The maximum atomic E-state index is 11.5. The molecular formula is C10H21N3O. The molecule has 1 fully saturated rings. The summed E-state index contributed by atoms with van der Waals surface area (Å²) in [6.07, 6.45) is 2.18. The molecule has 1 rings (SSSR count). The SMILES string of the molecule is CNC(=O)[C@H](CN)C1CCN(C)CC1. The average molecular weight is 199 g/mol. The molecule has 3 N–H and O–H groups in total. The summed E-state index contributed by atoms with van der Waals surface area (Å²) in [5.41, 5.74) is 5.64. The maximum Gasteiger partial charge on any atom is 0.224 e. The first-order valence-electron chi connectivity index (χ1n) is 5.29. The number of nitrogens with two attached hydrogens (primary N) is 1. The standard InChI is InChI=1S/C10H21N3O/c1-12-10(14)9(7-11)8-3-5-13(2)6-4-8/h8-9H,3-7,11H2,1-2H3,(H,12,14)/t9-/m1/s1. The van der Waals surface area contributed by atoms with Crippen LogP contribution in [0, 0.1) is 11.8 Å². The van der Waals surface area contributed by atoms with Crippen LogP contribution < -0.4 is 11.1 Å². The van der Waals surface area contributed by atoms with Crippen molar-refractivity contribution < 1.29 is 4.79 Å². The zero-order valence-corrected chi connectivity index (χ0v) is 9.12. The molecule has 1 aliphatic rings. The third-order valence-corrected chi connectivity index (χ3v) is 3.17. The van der Waals surface area contributed by atoms with Crippen LogP contribution in [0.25, 0.3) is 0 Å². The summed E-state index contributed by atoms with van der Waals surface area (Å²) in [7, 11) is 3.80. The Bertz CT molecular complexity index is 188. The number of hydrogen-bond acceptors (Lipinski definition) is 3. The smallest absolute Gasteiger partial charge is 0.224 e. The topological polar surface area (TPSA) is 58.4 Å². The summed E-state index contributed by atoms with van der Waals surface area (Å²) in [5, 5.41) is 2.69. The molecule has 0 unspecified atom stereocenters. The molecule has 0 aliphatic carbocycles. The van der Waals surface area contributed by atoms with Gasteiger partial charge in [-0.1, -0.05) is 0 Å². The monoisotopic (exact) mass is 199 g/mol. The predicted molar refractivity (Wildman–Crippen MR) is 56.8 cm³/mol. The lowest BCUT2D eigenvalue weighted by molar-refractivity contribution is -0.126. The molecule has 0 aromatic heterocycles. The zero-order valence-electron chi connectivity index (χ0n) is 9.12. The van der Waals surface area contributed by atoms with E-state index in [1.165, 1.54) is 0 Å². The van der Waals surface area contributed by atoms with Crippen molar-refractivity contribution in [1.29, 1.82) is 0 Å². The van der Waals surface area contributed by atoms with Gasteiger partial charge in [0.25, 0.3) is 0 Å². The van der Waals surface area contributed by atoms with Crippen LogP contribution in [0.2, 0.25) is 0 Å². The fourth-order valence-corrected chi connectivity index (χ4v) is 2.13. The zero-order chi connectivity index (χ0) is 10.6. The lowest BCUT2D eigenvalue weighted by Gasteiger charge is -2.32. The summed E-state index contributed by atoms with van der Waals surface area (Å²) in [4.78, 5) is 13.8. The Balaban J connectivity index is 2.48. The van der Waals surface area contributed by atoms with E-state index < -0.39 is 0 Å². The van der Waals surface area contributed by atoms with Gasteiger partial charge in [-0.05, 0) is 38.9 Å². The van der Waals surface area contributed by atoms with Gasteiger partial charge in [-0.25, -0.2) is 0 Å².